The highest BCUT2D eigenvalue weighted by Crippen LogP contribution is 2.18. The van der Waals surface area contributed by atoms with Gasteiger partial charge >= 0.3 is 0 Å². The Hall–Kier alpha value is -3.08. The summed E-state index contributed by atoms with van der Waals surface area (Å²) in [7, 11) is -3.73. The Morgan fingerprint density at radius 3 is 2.45 bits per heavy atom. The van der Waals surface area contributed by atoms with Crippen molar-refractivity contribution in [3.63, 3.8) is 0 Å². The van der Waals surface area contributed by atoms with Gasteiger partial charge in [-0.1, -0.05) is 30.3 Å². The summed E-state index contributed by atoms with van der Waals surface area (Å²) in [5, 5.41) is 7.06. The number of hydrogen-bond donors (Lipinski definition) is 3. The van der Waals surface area contributed by atoms with E-state index >= 15 is 0 Å². The zero-order valence-corrected chi connectivity index (χ0v) is 17.4. The molecule has 3 N–H and O–H groups in total. The summed E-state index contributed by atoms with van der Waals surface area (Å²) in [5.41, 5.74) is 2.97. The van der Waals surface area contributed by atoms with Crippen molar-refractivity contribution in [3.05, 3.63) is 77.1 Å². The predicted octanol–water partition coefficient (Wildman–Crippen LogP) is 3.47. The number of amides is 1. The molecule has 0 unspecified atom stereocenters. The van der Waals surface area contributed by atoms with Crippen LogP contribution in [0.3, 0.4) is 0 Å². The van der Waals surface area contributed by atoms with E-state index in [4.69, 9.17) is 12.2 Å². The number of benzene rings is 2. The molecule has 1 amide bonds. The van der Waals surface area contributed by atoms with Gasteiger partial charge in [0.2, 0.25) is 5.91 Å². The Balaban J connectivity index is 1.55. The maximum atomic E-state index is 12.3. The zero-order valence-electron chi connectivity index (χ0n) is 14.9. The Morgan fingerprint density at radius 2 is 1.79 bits per heavy atom. The summed E-state index contributed by atoms with van der Waals surface area (Å²) < 4.78 is 27.0. The van der Waals surface area contributed by atoms with Crippen molar-refractivity contribution in [1.82, 2.24) is 10.3 Å². The lowest BCUT2D eigenvalue weighted by Crippen LogP contribution is -2.32. The minimum absolute atomic E-state index is 0.0804. The molecule has 0 saturated heterocycles. The second-order valence-electron chi connectivity index (χ2n) is 5.69. The van der Waals surface area contributed by atoms with E-state index < -0.39 is 10.0 Å². The largest absolute Gasteiger partial charge is 0.332 e. The van der Waals surface area contributed by atoms with Crippen LogP contribution in [-0.4, -0.2) is 24.4 Å². The number of nitrogens with one attached hydrogen (secondary N) is 3. The molecule has 0 fully saturated rings. The normalized spacial score (nSPS) is 11.2. The Bertz CT molecular complexity index is 1110. The van der Waals surface area contributed by atoms with Gasteiger partial charge in [0.1, 0.15) is 0 Å². The van der Waals surface area contributed by atoms with Gasteiger partial charge in [0, 0.05) is 17.1 Å². The smallest absolute Gasteiger partial charge is 0.263 e. The second kappa shape index (κ2) is 9.41. The molecule has 1 aromatic heterocycles. The molecule has 3 rings (SSSR count). The maximum absolute atomic E-state index is 12.3. The molecule has 1 heterocycles. The van der Waals surface area contributed by atoms with Crippen molar-refractivity contribution in [1.29, 1.82) is 0 Å². The number of rotatable bonds is 6. The number of carbonyl (C=O) groups is 1. The van der Waals surface area contributed by atoms with Crippen molar-refractivity contribution in [2.45, 2.75) is 4.90 Å². The standard InChI is InChI=1S/C19H16N4O3S3/c24-18(11-6-14-4-2-1-3-5-14)22-19(27)21-15-7-9-16(10-8-15)29(25,26)23-17-12-28-13-20-17/h1-13,23H,(H2,21,22,24,27)/b11-6+. The van der Waals surface area contributed by atoms with Gasteiger partial charge in [-0.05, 0) is 48.1 Å². The number of hydrogen-bond acceptors (Lipinski definition) is 6. The zero-order chi connectivity index (χ0) is 20.7. The molecule has 0 spiro atoms. The SMILES string of the molecule is O=C(/C=C/c1ccccc1)NC(=S)Nc1ccc(S(=O)(=O)Nc2cscn2)cc1. The maximum Gasteiger partial charge on any atom is 0.263 e. The molecule has 0 saturated carbocycles. The van der Waals surface area contributed by atoms with Crippen LogP contribution in [0.2, 0.25) is 0 Å². The minimum atomic E-state index is -3.73. The van der Waals surface area contributed by atoms with E-state index in [2.05, 4.69) is 20.3 Å². The molecule has 10 heteroatoms. The number of thiazole rings is 1. The Labute approximate surface area is 177 Å². The molecule has 0 radical (unpaired) electrons. The quantitative estimate of drug-likeness (QED) is 0.398. The van der Waals surface area contributed by atoms with Gasteiger partial charge in [0.15, 0.2) is 10.9 Å². The summed E-state index contributed by atoms with van der Waals surface area (Å²) in [6.45, 7) is 0. The first-order valence-corrected chi connectivity index (χ1v) is 11.1. The average Bonchev–Trinajstić information content (AvgIpc) is 3.20. The molecule has 7 nitrogen and oxygen atoms in total. The number of carbonyl (C=O) groups excluding carboxylic acids is 1. The highest BCUT2D eigenvalue weighted by Gasteiger charge is 2.15. The van der Waals surface area contributed by atoms with Gasteiger partial charge in [-0.15, -0.1) is 11.3 Å². The molecule has 0 aliphatic rings. The van der Waals surface area contributed by atoms with Crippen molar-refractivity contribution in [2.24, 2.45) is 0 Å². The highest BCUT2D eigenvalue weighted by atomic mass is 32.2. The summed E-state index contributed by atoms with van der Waals surface area (Å²) in [6, 6.07) is 15.3. The first kappa shape index (κ1) is 20.6. The molecular weight excluding hydrogens is 428 g/mol. The molecule has 2 aromatic carbocycles. The first-order chi connectivity index (χ1) is 13.9. The van der Waals surface area contributed by atoms with E-state index in [1.165, 1.54) is 35.1 Å². The molecule has 0 aliphatic carbocycles. The van der Waals surface area contributed by atoms with Gasteiger partial charge in [-0.3, -0.25) is 14.8 Å². The van der Waals surface area contributed by atoms with Gasteiger partial charge < -0.3 is 5.32 Å². The van der Waals surface area contributed by atoms with E-state index in [9.17, 15) is 13.2 Å². The van der Waals surface area contributed by atoms with Crippen LogP contribution in [0.15, 0.2) is 76.5 Å². The van der Waals surface area contributed by atoms with Crippen LogP contribution >= 0.6 is 23.6 Å². The van der Waals surface area contributed by atoms with Gasteiger partial charge in [0.05, 0.1) is 10.4 Å². The summed E-state index contributed by atoms with van der Waals surface area (Å²) in [5.74, 6) is -0.109. The summed E-state index contributed by atoms with van der Waals surface area (Å²) in [4.78, 5) is 15.9. The Kier molecular flexibility index (Phi) is 6.70. The summed E-state index contributed by atoms with van der Waals surface area (Å²) in [6.07, 6.45) is 3.05. The van der Waals surface area contributed by atoms with E-state index in [0.717, 1.165) is 5.56 Å². The molecule has 0 atom stereocenters. The number of nitrogens with zero attached hydrogens (tertiary/aromatic N) is 1. The van der Waals surface area contributed by atoms with Crippen molar-refractivity contribution >= 4 is 62.2 Å². The second-order valence-corrected chi connectivity index (χ2v) is 8.50. The van der Waals surface area contributed by atoms with Crippen LogP contribution in [-0.2, 0) is 14.8 Å². The van der Waals surface area contributed by atoms with Crippen LogP contribution in [0.5, 0.6) is 0 Å². The fourth-order valence-corrected chi connectivity index (χ4v) is 4.01. The minimum Gasteiger partial charge on any atom is -0.332 e. The van der Waals surface area contributed by atoms with Crippen molar-refractivity contribution in [3.8, 4) is 0 Å². The average molecular weight is 445 g/mol. The van der Waals surface area contributed by atoms with E-state index in [1.54, 1.807) is 23.6 Å². The third-order valence-electron chi connectivity index (χ3n) is 3.56. The number of aromatic nitrogens is 1. The number of anilines is 2. The van der Waals surface area contributed by atoms with Crippen LogP contribution in [0.25, 0.3) is 6.08 Å². The third kappa shape index (κ3) is 6.21. The van der Waals surface area contributed by atoms with E-state index in [1.807, 2.05) is 30.3 Å². The monoisotopic (exact) mass is 444 g/mol. The summed E-state index contributed by atoms with van der Waals surface area (Å²) >= 11 is 6.40. The highest BCUT2D eigenvalue weighted by molar-refractivity contribution is 7.92. The fraction of sp³-hybridized carbons (Fsp3) is 0. The van der Waals surface area contributed by atoms with Crippen molar-refractivity contribution < 1.29 is 13.2 Å². The van der Waals surface area contributed by atoms with Crippen molar-refractivity contribution in [2.75, 3.05) is 10.0 Å². The molecule has 29 heavy (non-hydrogen) atoms. The lowest BCUT2D eigenvalue weighted by Gasteiger charge is -2.10. The predicted molar refractivity (Wildman–Crippen MR) is 119 cm³/mol. The van der Waals surface area contributed by atoms with Crippen LogP contribution < -0.4 is 15.4 Å². The van der Waals surface area contributed by atoms with Gasteiger partial charge in [-0.2, -0.15) is 0 Å². The molecule has 3 aromatic rings. The van der Waals surface area contributed by atoms with Crippen LogP contribution in [0, 0.1) is 0 Å². The lowest BCUT2D eigenvalue weighted by atomic mass is 10.2. The van der Waals surface area contributed by atoms with Gasteiger partial charge in [0.25, 0.3) is 10.0 Å². The molecule has 0 bridgehead atoms. The molecular formula is C19H16N4O3S3. The molecule has 0 aliphatic heterocycles. The van der Waals surface area contributed by atoms with E-state index in [-0.39, 0.29) is 21.7 Å². The van der Waals surface area contributed by atoms with Gasteiger partial charge in [-0.25, -0.2) is 13.4 Å². The fourth-order valence-electron chi connectivity index (χ4n) is 2.23. The lowest BCUT2D eigenvalue weighted by molar-refractivity contribution is -0.115. The molecule has 148 valence electrons. The third-order valence-corrected chi connectivity index (χ3v) is 5.72. The number of thiocarbonyl (C=S) groups is 1. The van der Waals surface area contributed by atoms with Crippen LogP contribution in [0.1, 0.15) is 5.56 Å². The first-order valence-electron chi connectivity index (χ1n) is 8.28. The van der Waals surface area contributed by atoms with Crippen LogP contribution in [0.4, 0.5) is 11.5 Å². The topological polar surface area (TPSA) is 100 Å². The Morgan fingerprint density at radius 1 is 1.07 bits per heavy atom. The number of sulfonamides is 1. The van der Waals surface area contributed by atoms with E-state index in [0.29, 0.717) is 5.69 Å².